The number of carboxylic acid groups (broad SMARTS) is 1. The Balaban J connectivity index is 3.97. The number of carbonyl (C=O) groups excluding carboxylic acids is 3. The van der Waals surface area contributed by atoms with Gasteiger partial charge >= 0.3 is 11.9 Å². The van der Waals surface area contributed by atoms with E-state index < -0.39 is 24.3 Å². The van der Waals surface area contributed by atoms with Gasteiger partial charge in [-0.2, -0.15) is 0 Å². The molecule has 0 aliphatic carbocycles. The Bertz CT molecular complexity index is 1890. The molecule has 0 aromatic carbocycles. The lowest BCUT2D eigenvalue weighted by molar-refractivity contribution is -0.870. The fourth-order valence-corrected chi connectivity index (χ4v) is 11.7. The number of rotatable bonds is 75. The smallest absolute Gasteiger partial charge is 0.306 e. The predicted molar refractivity (Wildman–Crippen MR) is 407 cm³/mol. The highest BCUT2D eigenvalue weighted by Gasteiger charge is 2.22. The fourth-order valence-electron chi connectivity index (χ4n) is 11.7. The molecule has 95 heavy (non-hydrogen) atoms. The van der Waals surface area contributed by atoms with E-state index in [0.29, 0.717) is 23.9 Å². The first-order valence-corrected chi connectivity index (χ1v) is 40.4. The maximum atomic E-state index is 13.0. The molecule has 0 spiro atoms. The zero-order valence-electron chi connectivity index (χ0n) is 63.0. The quantitative estimate of drug-likeness (QED) is 0.0195. The lowest BCUT2D eigenvalue weighted by Crippen LogP contribution is -2.44. The molecule has 0 bridgehead atoms. The van der Waals surface area contributed by atoms with Gasteiger partial charge in [-0.15, -0.1) is 0 Å². The van der Waals surface area contributed by atoms with Crippen molar-refractivity contribution in [3.05, 3.63) is 97.2 Å². The van der Waals surface area contributed by atoms with Gasteiger partial charge in [-0.25, -0.2) is 0 Å². The van der Waals surface area contributed by atoms with Crippen LogP contribution in [-0.2, 0) is 33.3 Å². The topological polar surface area (TPSA) is 111 Å². The summed E-state index contributed by atoms with van der Waals surface area (Å²) in [5.41, 5.74) is 0. The number of likely N-dealkylation sites (N-methyl/N-ethyl adjacent to an activating group) is 1. The van der Waals surface area contributed by atoms with Crippen LogP contribution in [0.2, 0.25) is 0 Å². The molecule has 0 fully saturated rings. The highest BCUT2D eigenvalue weighted by Crippen LogP contribution is 2.19. The molecule has 0 aliphatic rings. The monoisotopic (exact) mass is 1330 g/mol. The second kappa shape index (κ2) is 76.0. The van der Waals surface area contributed by atoms with E-state index in [2.05, 4.69) is 111 Å². The maximum absolute atomic E-state index is 13.0. The van der Waals surface area contributed by atoms with Crippen LogP contribution < -0.4 is 5.11 Å². The molecule has 0 radical (unpaired) electrons. The molecule has 0 saturated heterocycles. The van der Waals surface area contributed by atoms with Gasteiger partial charge < -0.3 is 33.3 Å². The van der Waals surface area contributed by atoms with E-state index in [0.717, 1.165) is 77.0 Å². The van der Waals surface area contributed by atoms with Gasteiger partial charge in [0.05, 0.1) is 40.3 Å². The molecule has 0 aliphatic heterocycles. The third kappa shape index (κ3) is 77.4. The first kappa shape index (κ1) is 91.2. The third-order valence-electron chi connectivity index (χ3n) is 17.8. The van der Waals surface area contributed by atoms with Gasteiger partial charge in [0.15, 0.2) is 12.4 Å². The molecular formula is C86H153NO8. The first-order chi connectivity index (χ1) is 46.6. The van der Waals surface area contributed by atoms with Crippen molar-refractivity contribution in [2.45, 2.75) is 386 Å². The zero-order chi connectivity index (χ0) is 69.0. The predicted octanol–water partition coefficient (Wildman–Crippen LogP) is 24.6. The Morgan fingerprint density at radius 2 is 0.600 bits per heavy atom. The number of carboxylic acids is 1. The molecule has 0 aromatic heterocycles. The van der Waals surface area contributed by atoms with Crippen LogP contribution in [0.25, 0.3) is 0 Å². The summed E-state index contributed by atoms with van der Waals surface area (Å²) in [5.74, 6) is -2.26. The van der Waals surface area contributed by atoms with Crippen LogP contribution in [0.3, 0.4) is 0 Å². The molecule has 550 valence electrons. The molecule has 2 unspecified atom stereocenters. The molecule has 9 heteroatoms. The minimum Gasteiger partial charge on any atom is -0.545 e. The van der Waals surface area contributed by atoms with Crippen molar-refractivity contribution in [3.8, 4) is 0 Å². The number of carbonyl (C=O) groups is 3. The lowest BCUT2D eigenvalue weighted by atomic mass is 10.0. The minimum atomic E-state index is -1.62. The molecule has 0 N–H and O–H groups in total. The minimum absolute atomic E-state index is 0.147. The number of ether oxygens (including phenoxy) is 4. The normalized spacial score (nSPS) is 13.1. The van der Waals surface area contributed by atoms with E-state index >= 15 is 0 Å². The highest BCUT2D eigenvalue weighted by molar-refractivity contribution is 5.70. The summed E-state index contributed by atoms with van der Waals surface area (Å²) < 4.78 is 22.9. The van der Waals surface area contributed by atoms with Crippen molar-refractivity contribution in [2.24, 2.45) is 0 Å². The number of esters is 2. The largest absolute Gasteiger partial charge is 0.545 e. The van der Waals surface area contributed by atoms with Gasteiger partial charge in [0, 0.05) is 12.8 Å². The van der Waals surface area contributed by atoms with Gasteiger partial charge in [0.25, 0.3) is 0 Å². The van der Waals surface area contributed by atoms with Gasteiger partial charge in [0.2, 0.25) is 0 Å². The van der Waals surface area contributed by atoms with Crippen LogP contribution in [0.4, 0.5) is 0 Å². The summed E-state index contributed by atoms with van der Waals surface area (Å²) in [4.78, 5) is 37.6. The molecular weight excluding hydrogens is 1170 g/mol. The molecule has 2 atom stereocenters. The standard InChI is InChI=1S/C86H153NO8/c1-6-8-10-12-14-16-18-20-22-24-26-28-30-32-34-36-37-38-39-40-41-42-43-44-45-46-47-49-51-53-55-57-59-61-63-65-67-69-71-73-75-77-84(89)95-82(81-94-86(85(90)91)92-79-78-87(3,4)5)80-93-83(88)76-74-72-70-68-66-64-62-60-58-56-54-52-50-48-35-33-31-29-27-25-23-21-19-17-15-13-11-9-7-2/h8,10,14,16,19-22,25-28,31-34,82,86H,6-7,9,11-13,15,17-18,23-24,29-30,35-81H2,1-5H3/b10-8-,16-14-,21-19-,22-20-,27-25-,28-26-,33-31-,34-32-. The molecule has 0 amide bonds. The molecule has 0 saturated carbocycles. The van der Waals surface area contributed by atoms with E-state index in [1.54, 1.807) is 0 Å². The van der Waals surface area contributed by atoms with Crippen LogP contribution in [-0.4, -0.2) is 82.3 Å². The zero-order valence-corrected chi connectivity index (χ0v) is 63.0. The Hall–Kier alpha value is -3.79. The Morgan fingerprint density at radius 3 is 0.895 bits per heavy atom. The number of hydrogen-bond acceptors (Lipinski definition) is 8. The number of unbranched alkanes of at least 4 members (excludes halogenated alkanes) is 44. The van der Waals surface area contributed by atoms with Gasteiger partial charge in [-0.1, -0.05) is 361 Å². The summed E-state index contributed by atoms with van der Waals surface area (Å²) in [6.45, 7) is 4.67. The number of hydrogen-bond donors (Lipinski definition) is 0. The average molecular weight is 1330 g/mol. The lowest BCUT2D eigenvalue weighted by Gasteiger charge is -2.26. The summed E-state index contributed by atoms with van der Waals surface area (Å²) in [5, 5.41) is 11.9. The first-order valence-electron chi connectivity index (χ1n) is 40.4. The van der Waals surface area contributed by atoms with Gasteiger partial charge in [-0.05, 0) is 96.3 Å². The van der Waals surface area contributed by atoms with Gasteiger partial charge in [-0.3, -0.25) is 9.59 Å². The second-order valence-corrected chi connectivity index (χ2v) is 28.3. The van der Waals surface area contributed by atoms with Crippen molar-refractivity contribution in [1.29, 1.82) is 0 Å². The Morgan fingerprint density at radius 1 is 0.326 bits per heavy atom. The van der Waals surface area contributed by atoms with Crippen LogP contribution >= 0.6 is 0 Å². The molecule has 9 nitrogen and oxygen atoms in total. The van der Waals surface area contributed by atoms with E-state index in [4.69, 9.17) is 18.9 Å². The van der Waals surface area contributed by atoms with Crippen molar-refractivity contribution in [2.75, 3.05) is 47.5 Å². The van der Waals surface area contributed by atoms with Crippen molar-refractivity contribution < 1.29 is 42.9 Å². The third-order valence-corrected chi connectivity index (χ3v) is 17.8. The average Bonchev–Trinajstić information content (AvgIpc) is 3.54. The van der Waals surface area contributed by atoms with Crippen LogP contribution in [0.5, 0.6) is 0 Å². The molecule has 0 heterocycles. The van der Waals surface area contributed by atoms with Crippen LogP contribution in [0.1, 0.15) is 373 Å². The summed E-state index contributed by atoms with van der Waals surface area (Å²) >= 11 is 0. The van der Waals surface area contributed by atoms with E-state index in [1.165, 1.54) is 263 Å². The highest BCUT2D eigenvalue weighted by atomic mass is 16.7. The molecule has 0 rings (SSSR count). The number of allylic oxidation sites excluding steroid dienone is 16. The van der Waals surface area contributed by atoms with E-state index in [9.17, 15) is 19.5 Å². The summed E-state index contributed by atoms with van der Waals surface area (Å²) in [6, 6.07) is 0. The van der Waals surface area contributed by atoms with Crippen molar-refractivity contribution in [1.82, 2.24) is 0 Å². The van der Waals surface area contributed by atoms with Crippen LogP contribution in [0, 0.1) is 0 Å². The van der Waals surface area contributed by atoms with Crippen LogP contribution in [0.15, 0.2) is 97.2 Å². The van der Waals surface area contributed by atoms with E-state index in [-0.39, 0.29) is 32.2 Å². The van der Waals surface area contributed by atoms with E-state index in [1.807, 2.05) is 21.1 Å². The number of nitrogens with zero attached hydrogens (tertiary/aromatic N) is 1. The summed E-state index contributed by atoms with van der Waals surface area (Å²) in [7, 11) is 5.94. The van der Waals surface area contributed by atoms with Crippen molar-refractivity contribution in [3.63, 3.8) is 0 Å². The number of quaternary nitrogens is 1. The Kier molecular flexibility index (Phi) is 72.9. The summed E-state index contributed by atoms with van der Waals surface area (Å²) in [6.07, 6.45) is 102. The van der Waals surface area contributed by atoms with Crippen molar-refractivity contribution >= 4 is 17.9 Å². The van der Waals surface area contributed by atoms with Gasteiger partial charge in [0.1, 0.15) is 13.2 Å². The Labute approximate surface area is 588 Å². The SMILES string of the molecule is CC/C=C\C/C=C\C/C=C\C/C=C\C/C=C\CCCCCCCCCCCCCCCCCCCCCCCCCCCC(=O)OC(COC(=O)CCCCCCCCCCCCCCCC/C=C\C/C=C\C/C=C\CCCCCCC)COC(OCC[N+](C)(C)C)C(=O)[O-]. The maximum Gasteiger partial charge on any atom is 0.306 e. The molecule has 0 aromatic rings. The second-order valence-electron chi connectivity index (χ2n) is 28.3. The number of aliphatic carboxylic acids is 1. The fraction of sp³-hybridized carbons (Fsp3) is 0.779.